The largest absolute Gasteiger partial charge is 0.310 e. The second-order valence-corrected chi connectivity index (χ2v) is 29.3. The summed E-state index contributed by atoms with van der Waals surface area (Å²) in [6, 6.07) is 163. The van der Waals surface area contributed by atoms with Gasteiger partial charge in [-0.15, -0.1) is 0 Å². The van der Waals surface area contributed by atoms with Gasteiger partial charge in [-0.1, -0.05) is 328 Å². The Morgan fingerprint density at radius 1 is 0.149 bits per heavy atom. The Bertz CT molecular complexity index is 7260. The molecule has 4 heteroatoms. The van der Waals surface area contributed by atoms with Gasteiger partial charge in [-0.25, -0.2) is 0 Å². The third-order valence-corrected chi connectivity index (χ3v) is 22.9. The lowest BCUT2D eigenvalue weighted by Gasteiger charge is -2.26. The van der Waals surface area contributed by atoms with Crippen molar-refractivity contribution in [3.05, 3.63) is 449 Å². The molecule has 0 saturated carbocycles. The molecule has 114 heavy (non-hydrogen) atoms. The van der Waals surface area contributed by atoms with Crippen LogP contribution >= 0.6 is 0 Å². The van der Waals surface area contributed by atoms with E-state index >= 15 is 0 Å². The number of rotatable bonds is 13. The van der Waals surface area contributed by atoms with Gasteiger partial charge in [0.15, 0.2) is 0 Å². The summed E-state index contributed by atoms with van der Waals surface area (Å²) < 4.78 is 4.74. The van der Waals surface area contributed by atoms with E-state index in [1.54, 1.807) is 0 Å². The first kappa shape index (κ1) is 67.0. The van der Waals surface area contributed by atoms with E-state index in [4.69, 9.17) is 0 Å². The summed E-state index contributed by atoms with van der Waals surface area (Å²) in [7, 11) is 0. The zero-order valence-corrected chi connectivity index (χ0v) is 62.5. The van der Waals surface area contributed by atoms with Crippen LogP contribution in [0.25, 0.3) is 164 Å². The van der Waals surface area contributed by atoms with Crippen molar-refractivity contribution in [3.8, 4) is 67.0 Å². The molecule has 534 valence electrons. The summed E-state index contributed by atoms with van der Waals surface area (Å²) in [6.07, 6.45) is 0. The minimum absolute atomic E-state index is 1.10. The Labute approximate surface area is 662 Å². The van der Waals surface area contributed by atoms with Crippen molar-refractivity contribution in [2.45, 2.75) is 0 Å². The fourth-order valence-electron chi connectivity index (χ4n) is 18.0. The molecular weight excluding hydrogens is 1380 g/mol. The maximum atomic E-state index is 2.37. The Hall–Kier alpha value is -15.1. The quantitative estimate of drug-likeness (QED) is 0.107. The Kier molecular flexibility index (Phi) is 16.9. The van der Waals surface area contributed by atoms with E-state index in [1.165, 1.54) is 153 Å². The van der Waals surface area contributed by atoms with Crippen molar-refractivity contribution < 1.29 is 0 Å². The molecule has 4 nitrogen and oxygen atoms in total. The molecule has 0 fully saturated rings. The molecule has 0 unspecified atom stereocenters. The maximum Gasteiger partial charge on any atom is 0.0542 e. The van der Waals surface area contributed by atoms with Crippen LogP contribution in [0.5, 0.6) is 0 Å². The number of benzene rings is 20. The van der Waals surface area contributed by atoms with E-state index in [0.29, 0.717) is 0 Å². The van der Waals surface area contributed by atoms with Crippen molar-refractivity contribution in [3.63, 3.8) is 0 Å². The van der Waals surface area contributed by atoms with Gasteiger partial charge in [-0.2, -0.15) is 0 Å². The molecule has 0 atom stereocenters. The molecule has 0 aliphatic carbocycles. The smallest absolute Gasteiger partial charge is 0.0542 e. The molecule has 2 heterocycles. The van der Waals surface area contributed by atoms with Crippen LogP contribution in [0.15, 0.2) is 449 Å². The Morgan fingerprint density at radius 3 is 0.851 bits per heavy atom. The van der Waals surface area contributed by atoms with E-state index in [-0.39, 0.29) is 0 Å². The first-order chi connectivity index (χ1) is 56.6. The lowest BCUT2D eigenvalue weighted by Crippen LogP contribution is -2.09. The van der Waals surface area contributed by atoms with Crippen LogP contribution in [0.4, 0.5) is 34.1 Å². The number of fused-ring (bicyclic) bond motifs is 11. The predicted octanol–water partition coefficient (Wildman–Crippen LogP) is 30.6. The second-order valence-electron chi connectivity index (χ2n) is 29.3. The van der Waals surface area contributed by atoms with Crippen LogP contribution in [0.2, 0.25) is 0 Å². The van der Waals surface area contributed by atoms with E-state index in [2.05, 4.69) is 468 Å². The molecule has 0 aliphatic heterocycles. The van der Waals surface area contributed by atoms with Gasteiger partial charge in [0, 0.05) is 67.0 Å². The molecule has 0 radical (unpaired) electrons. The molecule has 0 aliphatic rings. The number of para-hydroxylation sites is 6. The molecule has 20 aromatic carbocycles. The summed E-state index contributed by atoms with van der Waals surface area (Å²) in [4.78, 5) is 4.75. The van der Waals surface area contributed by atoms with Crippen LogP contribution in [0.3, 0.4) is 0 Å². The second kappa shape index (κ2) is 28.7. The van der Waals surface area contributed by atoms with Crippen molar-refractivity contribution in [1.82, 2.24) is 9.13 Å². The molecular formula is C110H74N4. The number of aromatic nitrogens is 2. The number of anilines is 6. The first-order valence-electron chi connectivity index (χ1n) is 39.2. The molecule has 0 spiro atoms. The van der Waals surface area contributed by atoms with Gasteiger partial charge in [0.1, 0.15) is 0 Å². The highest BCUT2D eigenvalue weighted by molar-refractivity contribution is 6.25. The van der Waals surface area contributed by atoms with Gasteiger partial charge in [0.2, 0.25) is 0 Å². The van der Waals surface area contributed by atoms with E-state index in [0.717, 1.165) is 45.5 Å². The lowest BCUT2D eigenvalue weighted by atomic mass is 9.84. The molecule has 0 amide bonds. The highest BCUT2D eigenvalue weighted by atomic mass is 15.1. The van der Waals surface area contributed by atoms with E-state index < -0.39 is 0 Å². The van der Waals surface area contributed by atoms with E-state index in [9.17, 15) is 0 Å². The summed E-state index contributed by atoms with van der Waals surface area (Å²) in [6.45, 7) is 0. The van der Waals surface area contributed by atoms with Gasteiger partial charge in [0.25, 0.3) is 0 Å². The van der Waals surface area contributed by atoms with E-state index in [1.807, 2.05) is 0 Å². The number of hydrogen-bond acceptors (Lipinski definition) is 2. The van der Waals surface area contributed by atoms with Gasteiger partial charge < -0.3 is 18.9 Å². The lowest BCUT2D eigenvalue weighted by molar-refractivity contribution is 1.18. The van der Waals surface area contributed by atoms with Crippen LogP contribution < -0.4 is 9.80 Å². The van der Waals surface area contributed by atoms with Crippen LogP contribution in [-0.4, -0.2) is 9.13 Å². The Morgan fingerprint density at radius 2 is 0.430 bits per heavy atom. The van der Waals surface area contributed by atoms with Crippen molar-refractivity contribution in [2.75, 3.05) is 9.80 Å². The summed E-state index contributed by atoms with van der Waals surface area (Å²) in [5.41, 5.74) is 26.1. The van der Waals surface area contributed by atoms with Crippen LogP contribution in [-0.2, 0) is 0 Å². The maximum absolute atomic E-state index is 2.37. The highest BCUT2D eigenvalue weighted by Crippen LogP contribution is 2.50. The molecule has 22 rings (SSSR count). The van der Waals surface area contributed by atoms with Gasteiger partial charge in [-0.3, -0.25) is 0 Å². The summed E-state index contributed by atoms with van der Waals surface area (Å²) in [5.74, 6) is 0. The molecule has 2 aromatic heterocycles. The van der Waals surface area contributed by atoms with Crippen LogP contribution in [0, 0.1) is 0 Å². The first-order valence-corrected chi connectivity index (χ1v) is 39.2. The summed E-state index contributed by atoms with van der Waals surface area (Å²) >= 11 is 0. The third-order valence-electron chi connectivity index (χ3n) is 22.9. The summed E-state index contributed by atoms with van der Waals surface area (Å²) in [5, 5.41) is 17.4. The minimum Gasteiger partial charge on any atom is -0.310 e. The molecule has 0 saturated heterocycles. The normalized spacial score (nSPS) is 11.5. The van der Waals surface area contributed by atoms with Gasteiger partial charge >= 0.3 is 0 Å². The molecule has 0 N–H and O–H groups in total. The fourth-order valence-corrected chi connectivity index (χ4v) is 18.0. The zero-order chi connectivity index (χ0) is 75.4. The number of hydrogen-bond donors (Lipinski definition) is 0. The molecule has 22 aromatic rings. The average molecular weight is 1450 g/mol. The Balaban J connectivity index is 0.000000143. The fraction of sp³-hybridized carbons (Fsp3) is 0. The minimum atomic E-state index is 1.10. The van der Waals surface area contributed by atoms with Crippen molar-refractivity contribution in [1.29, 1.82) is 0 Å². The highest BCUT2D eigenvalue weighted by Gasteiger charge is 2.25. The molecule has 0 bridgehead atoms. The van der Waals surface area contributed by atoms with Crippen molar-refractivity contribution >= 4 is 132 Å². The SMILES string of the molecule is c1ccc(-c2ccccc2-c2c3ccccc3c(-c3ccc(N(c4ccccc4)c4ccc5c(c4)c4ccccc4n5-c4ccccc4)cc3)c3ccccc23)cc1.c1ccc(N(c2ccc(-c3c4ccccc4c(-c4cccc5ccccc45)c4ccccc34)cc2)c2ccc3c(c2)c2ccccc2n3-c2ccccc2)cc1. The standard InChI is InChI=1S/C56H38N2.C54H36N2/c1-4-18-39(19-5-1)45-24-10-11-26-47(45)56-50-29-14-12-27-48(50)55(49-28-13-15-30-51(49)56)40-32-34-43(35-33-40)57(41-20-6-2-7-21-41)44-36-37-54-52(38-44)46-25-16-17-31-53(46)58(54)42-22-8-3-9-23-42;1-3-18-39(19-4-1)55(42-34-35-52-50(36-42)44-23-13-14-29-51(44)56(52)40-20-5-2-6-21-40)41-32-30-38(31-33-41)53-46-24-9-11-26-48(46)54(49-27-12-10-25-47(49)53)45-28-15-17-37-16-7-8-22-43(37)45/h1-38H;1-36H. The third kappa shape index (κ3) is 11.6. The predicted molar refractivity (Wildman–Crippen MR) is 486 cm³/mol. The zero-order valence-electron chi connectivity index (χ0n) is 62.5. The van der Waals surface area contributed by atoms with Gasteiger partial charge in [0.05, 0.1) is 22.1 Å². The topological polar surface area (TPSA) is 16.3 Å². The monoisotopic (exact) mass is 1450 g/mol. The van der Waals surface area contributed by atoms with Gasteiger partial charge in [-0.05, 0) is 231 Å². The van der Waals surface area contributed by atoms with Crippen molar-refractivity contribution in [2.24, 2.45) is 0 Å². The number of nitrogens with zero attached hydrogens (tertiary/aromatic N) is 4. The average Bonchev–Trinajstić information content (AvgIpc) is 1.26. The van der Waals surface area contributed by atoms with Crippen LogP contribution in [0.1, 0.15) is 0 Å².